The molecule has 134 valence electrons. The number of hydrogen-bond donors (Lipinski definition) is 0. The van der Waals surface area contributed by atoms with Crippen molar-refractivity contribution in [1.29, 1.82) is 0 Å². The van der Waals surface area contributed by atoms with Crippen LogP contribution < -0.4 is 5.56 Å². The zero-order valence-corrected chi connectivity index (χ0v) is 14.0. The molecule has 0 atom stereocenters. The molecule has 0 amide bonds. The average Bonchev–Trinajstić information content (AvgIpc) is 3.14. The number of hydrogen-bond acceptors (Lipinski definition) is 7. The van der Waals surface area contributed by atoms with Crippen LogP contribution in [-0.2, 0) is 27.4 Å². The van der Waals surface area contributed by atoms with E-state index in [0.29, 0.717) is 16.7 Å². The lowest BCUT2D eigenvalue weighted by Gasteiger charge is -2.06. The summed E-state index contributed by atoms with van der Waals surface area (Å²) in [6, 6.07) is 9.97. The molecule has 8 nitrogen and oxygen atoms in total. The Hall–Kier alpha value is -3.42. The zero-order valence-electron chi connectivity index (χ0n) is 14.0. The van der Waals surface area contributed by atoms with E-state index in [4.69, 9.17) is 9.15 Å². The number of ether oxygens (including phenoxy) is 2. The number of nitrogens with zero attached hydrogens (tertiary/aromatic N) is 2. The first-order valence-corrected chi connectivity index (χ1v) is 7.85. The predicted molar refractivity (Wildman–Crippen MR) is 90.5 cm³/mol. The molecule has 0 aliphatic heterocycles. The number of carbonyl (C=O) groups is 2. The molecule has 0 saturated carbocycles. The lowest BCUT2D eigenvalue weighted by Crippen LogP contribution is -2.22. The molecule has 3 rings (SSSR count). The lowest BCUT2D eigenvalue weighted by atomic mass is 10.2. The third-order valence-corrected chi connectivity index (χ3v) is 3.71. The van der Waals surface area contributed by atoms with Gasteiger partial charge in [-0.05, 0) is 24.3 Å². The molecule has 0 aliphatic carbocycles. The molecule has 0 unspecified atom stereocenters. The van der Waals surface area contributed by atoms with Crippen LogP contribution in [0.1, 0.15) is 22.7 Å². The predicted octanol–water partition coefficient (Wildman–Crippen LogP) is 1.91. The average molecular weight is 356 g/mol. The fraction of sp³-hybridized carbons (Fsp3) is 0.222. The molecule has 0 bridgehead atoms. The van der Waals surface area contributed by atoms with E-state index in [2.05, 4.69) is 9.72 Å². The third kappa shape index (κ3) is 3.80. The molecule has 26 heavy (non-hydrogen) atoms. The minimum absolute atomic E-state index is 0.00446. The van der Waals surface area contributed by atoms with Gasteiger partial charge in [-0.25, -0.2) is 9.78 Å². The number of aromatic nitrogens is 2. The lowest BCUT2D eigenvalue weighted by molar-refractivity contribution is -0.145. The Morgan fingerprint density at radius 2 is 2.00 bits per heavy atom. The summed E-state index contributed by atoms with van der Waals surface area (Å²) in [4.78, 5) is 39.7. The number of methoxy groups -OCH3 is 1. The van der Waals surface area contributed by atoms with Gasteiger partial charge in [-0.3, -0.25) is 14.2 Å². The number of aryl methyl sites for hydroxylation is 1. The van der Waals surface area contributed by atoms with Gasteiger partial charge in [-0.2, -0.15) is 0 Å². The van der Waals surface area contributed by atoms with Crippen molar-refractivity contribution >= 4 is 22.8 Å². The molecule has 0 spiro atoms. The van der Waals surface area contributed by atoms with E-state index < -0.39 is 11.9 Å². The first-order chi connectivity index (χ1) is 12.6. The van der Waals surface area contributed by atoms with Crippen molar-refractivity contribution in [2.24, 2.45) is 0 Å². The Morgan fingerprint density at radius 3 is 2.81 bits per heavy atom. The second-order valence-electron chi connectivity index (χ2n) is 5.43. The highest BCUT2D eigenvalue weighted by Gasteiger charge is 2.13. The van der Waals surface area contributed by atoms with Gasteiger partial charge in [0, 0.05) is 6.54 Å². The van der Waals surface area contributed by atoms with Crippen LogP contribution in [0.3, 0.4) is 0 Å². The van der Waals surface area contributed by atoms with Crippen molar-refractivity contribution in [3.8, 4) is 0 Å². The normalized spacial score (nSPS) is 10.7. The van der Waals surface area contributed by atoms with Gasteiger partial charge < -0.3 is 13.9 Å². The molecular weight excluding hydrogens is 340 g/mol. The molecule has 0 N–H and O–H groups in total. The Balaban J connectivity index is 1.56. The summed E-state index contributed by atoms with van der Waals surface area (Å²) in [6.45, 7) is 0.0434. The van der Waals surface area contributed by atoms with Gasteiger partial charge in [0.05, 0.1) is 30.8 Å². The first-order valence-electron chi connectivity index (χ1n) is 7.85. The van der Waals surface area contributed by atoms with Crippen molar-refractivity contribution in [3.05, 3.63) is 64.6 Å². The van der Waals surface area contributed by atoms with E-state index in [-0.39, 0.29) is 30.9 Å². The van der Waals surface area contributed by atoms with Gasteiger partial charge >= 0.3 is 11.9 Å². The summed E-state index contributed by atoms with van der Waals surface area (Å²) in [5.74, 6) is -0.748. The molecule has 0 fully saturated rings. The quantitative estimate of drug-likeness (QED) is 0.622. The Labute approximate surface area is 148 Å². The summed E-state index contributed by atoms with van der Waals surface area (Å²) in [7, 11) is 1.24. The van der Waals surface area contributed by atoms with Crippen molar-refractivity contribution in [3.63, 3.8) is 0 Å². The fourth-order valence-corrected chi connectivity index (χ4v) is 2.37. The van der Waals surface area contributed by atoms with Crippen LogP contribution in [0.4, 0.5) is 0 Å². The zero-order chi connectivity index (χ0) is 18.5. The summed E-state index contributed by atoms with van der Waals surface area (Å²) >= 11 is 0. The van der Waals surface area contributed by atoms with Crippen LogP contribution in [0, 0.1) is 0 Å². The van der Waals surface area contributed by atoms with Crippen molar-refractivity contribution in [2.75, 3.05) is 7.11 Å². The summed E-state index contributed by atoms with van der Waals surface area (Å²) in [5, 5.41) is 0.495. The van der Waals surface area contributed by atoms with Gasteiger partial charge in [-0.15, -0.1) is 0 Å². The number of furan rings is 1. The number of para-hydroxylation sites is 1. The Kier molecular flexibility index (Phi) is 5.12. The van der Waals surface area contributed by atoms with Gasteiger partial charge in [0.15, 0.2) is 0 Å². The molecular formula is C18H16N2O6. The summed E-state index contributed by atoms with van der Waals surface area (Å²) < 4.78 is 16.2. The molecule has 2 aromatic heterocycles. The van der Waals surface area contributed by atoms with E-state index >= 15 is 0 Å². The molecule has 2 heterocycles. The second-order valence-corrected chi connectivity index (χ2v) is 5.43. The van der Waals surface area contributed by atoms with Gasteiger partial charge in [-0.1, -0.05) is 12.1 Å². The standard InChI is InChI=1S/C18H16N2O6/c1-24-18(23)15-7-6-12(26-15)10-25-16(21)8-9-20-11-19-14-5-3-2-4-13(14)17(20)22/h2-7,11H,8-10H2,1H3. The maximum Gasteiger partial charge on any atom is 0.373 e. The van der Waals surface area contributed by atoms with E-state index in [9.17, 15) is 14.4 Å². The topological polar surface area (TPSA) is 101 Å². The van der Waals surface area contributed by atoms with E-state index in [1.165, 1.54) is 30.1 Å². The highest BCUT2D eigenvalue weighted by molar-refractivity contribution is 5.86. The third-order valence-electron chi connectivity index (χ3n) is 3.71. The minimum atomic E-state index is -0.606. The van der Waals surface area contributed by atoms with Crippen molar-refractivity contribution < 1.29 is 23.5 Å². The highest BCUT2D eigenvalue weighted by Crippen LogP contribution is 2.11. The van der Waals surface area contributed by atoms with E-state index in [1.807, 2.05) is 0 Å². The Bertz CT molecular complexity index is 1000. The smallest absolute Gasteiger partial charge is 0.373 e. The second kappa shape index (κ2) is 7.64. The Morgan fingerprint density at radius 1 is 1.19 bits per heavy atom. The van der Waals surface area contributed by atoms with Gasteiger partial charge in [0.25, 0.3) is 5.56 Å². The monoisotopic (exact) mass is 356 g/mol. The largest absolute Gasteiger partial charge is 0.463 e. The number of fused-ring (bicyclic) bond motifs is 1. The molecule has 0 saturated heterocycles. The number of esters is 2. The molecule has 0 aliphatic rings. The SMILES string of the molecule is COC(=O)c1ccc(COC(=O)CCn2cnc3ccccc3c2=O)o1. The summed E-state index contributed by atoms with van der Waals surface area (Å²) in [5.41, 5.74) is 0.396. The molecule has 3 aromatic rings. The molecule has 1 aromatic carbocycles. The van der Waals surface area contributed by atoms with Crippen LogP contribution in [0.5, 0.6) is 0 Å². The number of benzene rings is 1. The van der Waals surface area contributed by atoms with Crippen molar-refractivity contribution in [2.45, 2.75) is 19.6 Å². The fourth-order valence-electron chi connectivity index (χ4n) is 2.37. The van der Waals surface area contributed by atoms with Crippen LogP contribution >= 0.6 is 0 Å². The summed E-state index contributed by atoms with van der Waals surface area (Å²) in [6.07, 6.45) is 1.41. The number of carbonyl (C=O) groups excluding carboxylic acids is 2. The number of rotatable bonds is 6. The molecule has 8 heteroatoms. The van der Waals surface area contributed by atoms with Crippen LogP contribution in [0.2, 0.25) is 0 Å². The maximum atomic E-state index is 12.3. The van der Waals surface area contributed by atoms with E-state index in [0.717, 1.165) is 0 Å². The van der Waals surface area contributed by atoms with Crippen LogP contribution in [-0.4, -0.2) is 28.6 Å². The van der Waals surface area contributed by atoms with Crippen LogP contribution in [0.15, 0.2) is 51.9 Å². The first kappa shape index (κ1) is 17.4. The molecule has 0 radical (unpaired) electrons. The van der Waals surface area contributed by atoms with E-state index in [1.54, 1.807) is 24.3 Å². The van der Waals surface area contributed by atoms with Crippen molar-refractivity contribution in [1.82, 2.24) is 9.55 Å². The van der Waals surface area contributed by atoms with Gasteiger partial charge in [0.1, 0.15) is 12.4 Å². The van der Waals surface area contributed by atoms with Crippen LogP contribution in [0.25, 0.3) is 10.9 Å². The highest BCUT2D eigenvalue weighted by atomic mass is 16.5. The maximum absolute atomic E-state index is 12.3. The minimum Gasteiger partial charge on any atom is -0.463 e. The van der Waals surface area contributed by atoms with Gasteiger partial charge in [0.2, 0.25) is 5.76 Å².